The van der Waals surface area contributed by atoms with Gasteiger partial charge in [0.15, 0.2) is 0 Å². The Kier molecular flexibility index (Phi) is 3.44. The predicted molar refractivity (Wildman–Crippen MR) is 77.8 cm³/mol. The topological polar surface area (TPSA) is 54.2 Å². The number of aromatic nitrogens is 3. The first-order chi connectivity index (χ1) is 9.70. The Balaban J connectivity index is 1.91. The summed E-state index contributed by atoms with van der Waals surface area (Å²) in [6, 6.07) is 6.19. The predicted octanol–water partition coefficient (Wildman–Crippen LogP) is 1.76. The molecule has 1 atom stereocenters. The van der Waals surface area contributed by atoms with E-state index in [9.17, 15) is 5.11 Å². The van der Waals surface area contributed by atoms with Crippen molar-refractivity contribution in [2.24, 2.45) is 0 Å². The summed E-state index contributed by atoms with van der Waals surface area (Å²) in [6.45, 7) is 3.91. The van der Waals surface area contributed by atoms with Gasteiger partial charge in [-0.3, -0.25) is 0 Å². The lowest BCUT2D eigenvalue weighted by atomic mass is 10.0. The van der Waals surface area contributed by atoms with Crippen molar-refractivity contribution in [1.82, 2.24) is 15.0 Å². The molecule has 1 unspecified atom stereocenters. The van der Waals surface area contributed by atoms with Crippen LogP contribution < -0.4 is 4.90 Å². The van der Waals surface area contributed by atoms with E-state index in [-0.39, 0.29) is 0 Å². The van der Waals surface area contributed by atoms with Crippen molar-refractivity contribution in [2.45, 2.75) is 32.4 Å². The maximum atomic E-state index is 10.6. The number of hydrogen-bond acceptors (Lipinski definition) is 4. The minimum atomic E-state index is -0.659. The van der Waals surface area contributed by atoms with Gasteiger partial charge in [0, 0.05) is 25.8 Å². The Morgan fingerprint density at radius 3 is 3.05 bits per heavy atom. The summed E-state index contributed by atoms with van der Waals surface area (Å²) in [5, 5.41) is 18.5. The van der Waals surface area contributed by atoms with Crippen molar-refractivity contribution in [2.75, 3.05) is 18.5 Å². The molecule has 0 radical (unpaired) electrons. The molecule has 2 heterocycles. The molecule has 0 aliphatic carbocycles. The van der Waals surface area contributed by atoms with Crippen molar-refractivity contribution in [3.05, 3.63) is 41.2 Å². The lowest BCUT2D eigenvalue weighted by Crippen LogP contribution is -2.12. The zero-order valence-electron chi connectivity index (χ0n) is 12.0. The monoisotopic (exact) mass is 272 g/mol. The largest absolute Gasteiger partial charge is 0.382 e. The number of benzene rings is 1. The average Bonchev–Trinajstić information content (AvgIpc) is 3.06. The van der Waals surface area contributed by atoms with Crippen LogP contribution in [0.25, 0.3) is 0 Å². The van der Waals surface area contributed by atoms with Gasteiger partial charge in [-0.05, 0) is 30.0 Å². The highest BCUT2D eigenvalue weighted by molar-refractivity contribution is 5.58. The van der Waals surface area contributed by atoms with Gasteiger partial charge in [0.2, 0.25) is 0 Å². The van der Waals surface area contributed by atoms with E-state index in [4.69, 9.17) is 0 Å². The van der Waals surface area contributed by atoms with Crippen LogP contribution in [-0.2, 0) is 13.0 Å². The number of aryl methyl sites for hydroxylation is 1. The number of aliphatic hydroxyl groups is 1. The molecule has 5 nitrogen and oxygen atoms in total. The van der Waals surface area contributed by atoms with Crippen molar-refractivity contribution in [3.8, 4) is 0 Å². The van der Waals surface area contributed by atoms with Crippen molar-refractivity contribution in [3.63, 3.8) is 0 Å². The van der Waals surface area contributed by atoms with E-state index in [0.717, 1.165) is 37.2 Å². The Morgan fingerprint density at radius 2 is 2.25 bits per heavy atom. The molecule has 1 aliphatic rings. The molecule has 0 amide bonds. The first kappa shape index (κ1) is 13.1. The molecule has 1 aromatic heterocycles. The summed E-state index contributed by atoms with van der Waals surface area (Å²) < 4.78 is 1.78. The zero-order chi connectivity index (χ0) is 14.1. The lowest BCUT2D eigenvalue weighted by molar-refractivity contribution is 0.207. The number of rotatable bonds is 4. The molecule has 1 aliphatic heterocycles. The third-order valence-electron chi connectivity index (χ3n) is 3.91. The van der Waals surface area contributed by atoms with E-state index in [0.29, 0.717) is 0 Å². The lowest BCUT2D eigenvalue weighted by Gasteiger charge is -2.15. The van der Waals surface area contributed by atoms with Gasteiger partial charge >= 0.3 is 0 Å². The summed E-state index contributed by atoms with van der Waals surface area (Å²) in [5.41, 5.74) is 4.25. The van der Waals surface area contributed by atoms with Crippen molar-refractivity contribution >= 4 is 5.69 Å². The third kappa shape index (κ3) is 2.18. The van der Waals surface area contributed by atoms with Crippen LogP contribution in [0.15, 0.2) is 24.4 Å². The van der Waals surface area contributed by atoms with Gasteiger partial charge in [-0.2, -0.15) is 0 Å². The van der Waals surface area contributed by atoms with E-state index in [1.54, 1.807) is 10.9 Å². The smallest absolute Gasteiger partial charge is 0.122 e. The van der Waals surface area contributed by atoms with E-state index < -0.39 is 6.10 Å². The van der Waals surface area contributed by atoms with Gasteiger partial charge in [0.25, 0.3) is 0 Å². The minimum absolute atomic E-state index is 0.659. The number of fused-ring (bicyclic) bond motifs is 1. The van der Waals surface area contributed by atoms with Gasteiger partial charge in [-0.25, -0.2) is 4.68 Å². The first-order valence-electron chi connectivity index (χ1n) is 7.11. The molecule has 5 heteroatoms. The van der Waals surface area contributed by atoms with Gasteiger partial charge in [0.05, 0.1) is 11.9 Å². The normalized spacial score (nSPS) is 15.4. The van der Waals surface area contributed by atoms with Crippen LogP contribution in [0, 0.1) is 0 Å². The summed E-state index contributed by atoms with van der Waals surface area (Å²) >= 11 is 0. The SMILES string of the molecule is CCCn1nncc1C(O)c1ccc2c(c1)CCN2C. The minimum Gasteiger partial charge on any atom is -0.382 e. The number of likely N-dealkylation sites (N-methyl/N-ethyl adjacent to an activating group) is 1. The molecule has 1 N–H and O–H groups in total. The average molecular weight is 272 g/mol. The highest BCUT2D eigenvalue weighted by Gasteiger charge is 2.20. The van der Waals surface area contributed by atoms with Gasteiger partial charge in [-0.1, -0.05) is 24.3 Å². The second-order valence-electron chi connectivity index (χ2n) is 5.34. The van der Waals surface area contributed by atoms with Crippen LogP contribution in [-0.4, -0.2) is 33.7 Å². The number of aliphatic hydroxyl groups excluding tert-OH is 1. The van der Waals surface area contributed by atoms with Crippen LogP contribution in [0.4, 0.5) is 5.69 Å². The van der Waals surface area contributed by atoms with Gasteiger partial charge in [-0.15, -0.1) is 5.10 Å². The summed E-state index contributed by atoms with van der Waals surface area (Å²) in [6.07, 6.45) is 3.00. The fourth-order valence-electron chi connectivity index (χ4n) is 2.79. The van der Waals surface area contributed by atoms with E-state index in [2.05, 4.69) is 41.3 Å². The van der Waals surface area contributed by atoms with E-state index >= 15 is 0 Å². The van der Waals surface area contributed by atoms with E-state index in [1.807, 2.05) is 6.07 Å². The molecular weight excluding hydrogens is 252 g/mol. The Morgan fingerprint density at radius 1 is 1.40 bits per heavy atom. The summed E-state index contributed by atoms with van der Waals surface area (Å²) in [4.78, 5) is 2.24. The summed E-state index contributed by atoms with van der Waals surface area (Å²) in [5.74, 6) is 0. The molecule has 0 saturated heterocycles. The molecule has 106 valence electrons. The molecular formula is C15H20N4O. The van der Waals surface area contributed by atoms with Crippen molar-refractivity contribution < 1.29 is 5.11 Å². The van der Waals surface area contributed by atoms with Crippen molar-refractivity contribution in [1.29, 1.82) is 0 Å². The fraction of sp³-hybridized carbons (Fsp3) is 0.467. The van der Waals surface area contributed by atoms with E-state index in [1.165, 1.54) is 11.3 Å². The molecule has 0 bridgehead atoms. The highest BCUT2D eigenvalue weighted by atomic mass is 16.3. The molecule has 0 fully saturated rings. The Bertz CT molecular complexity index is 608. The molecule has 2 aromatic rings. The maximum absolute atomic E-state index is 10.6. The van der Waals surface area contributed by atoms with Crippen LogP contribution in [0.1, 0.15) is 36.3 Å². The molecule has 20 heavy (non-hydrogen) atoms. The number of anilines is 1. The quantitative estimate of drug-likeness (QED) is 0.921. The third-order valence-corrected chi connectivity index (χ3v) is 3.91. The van der Waals surface area contributed by atoms with Gasteiger partial charge in [0.1, 0.15) is 6.10 Å². The van der Waals surface area contributed by atoms with Gasteiger partial charge < -0.3 is 10.0 Å². The Hall–Kier alpha value is -1.88. The fourth-order valence-corrected chi connectivity index (χ4v) is 2.79. The maximum Gasteiger partial charge on any atom is 0.122 e. The summed E-state index contributed by atoms with van der Waals surface area (Å²) in [7, 11) is 2.10. The van der Waals surface area contributed by atoms with Crippen LogP contribution in [0.2, 0.25) is 0 Å². The second-order valence-corrected chi connectivity index (χ2v) is 5.34. The molecule has 0 saturated carbocycles. The Labute approximate surface area is 118 Å². The number of hydrogen-bond donors (Lipinski definition) is 1. The molecule has 3 rings (SSSR count). The zero-order valence-corrected chi connectivity index (χ0v) is 12.0. The first-order valence-corrected chi connectivity index (χ1v) is 7.11. The second kappa shape index (κ2) is 5.25. The highest BCUT2D eigenvalue weighted by Crippen LogP contribution is 2.31. The van der Waals surface area contributed by atoms with Crippen LogP contribution >= 0.6 is 0 Å². The van der Waals surface area contributed by atoms with Crippen LogP contribution in [0.3, 0.4) is 0 Å². The molecule has 0 spiro atoms. The standard InChI is InChI=1S/C15H20N4O/c1-3-7-19-14(10-16-17-19)15(20)12-4-5-13-11(9-12)6-8-18(13)2/h4-5,9-10,15,20H,3,6-8H2,1-2H3. The van der Waals surface area contributed by atoms with Crippen LogP contribution in [0.5, 0.6) is 0 Å². The number of nitrogens with zero attached hydrogens (tertiary/aromatic N) is 4. The molecule has 1 aromatic carbocycles.